The number of amides is 1. The average molecular weight is 336 g/mol. The van der Waals surface area contributed by atoms with E-state index in [0.717, 1.165) is 16.7 Å². The Balaban J connectivity index is 1.77. The van der Waals surface area contributed by atoms with E-state index in [1.807, 2.05) is 12.1 Å². The SMILES string of the molecule is COc1ccc(C(O)C(C)NC(=O)c2cccc3ncccc23)cc1. The van der Waals surface area contributed by atoms with Crippen LogP contribution in [0.3, 0.4) is 0 Å². The van der Waals surface area contributed by atoms with Gasteiger partial charge in [0.25, 0.3) is 5.91 Å². The van der Waals surface area contributed by atoms with Gasteiger partial charge in [-0.1, -0.05) is 24.3 Å². The number of hydrogen-bond acceptors (Lipinski definition) is 4. The van der Waals surface area contributed by atoms with Gasteiger partial charge in [-0.15, -0.1) is 0 Å². The second-order valence-electron chi connectivity index (χ2n) is 5.86. The minimum atomic E-state index is -0.817. The molecule has 3 aromatic rings. The van der Waals surface area contributed by atoms with E-state index in [4.69, 9.17) is 4.74 Å². The van der Waals surface area contributed by atoms with Gasteiger partial charge in [-0.05, 0) is 42.8 Å². The zero-order chi connectivity index (χ0) is 17.8. The molecule has 0 aliphatic rings. The number of fused-ring (bicyclic) bond motifs is 1. The zero-order valence-electron chi connectivity index (χ0n) is 14.1. The summed E-state index contributed by atoms with van der Waals surface area (Å²) in [5, 5.41) is 14.1. The Morgan fingerprint density at radius 1 is 1.12 bits per heavy atom. The summed E-state index contributed by atoms with van der Waals surface area (Å²) in [5.74, 6) is 0.481. The maximum absolute atomic E-state index is 12.6. The molecular weight excluding hydrogens is 316 g/mol. The van der Waals surface area contributed by atoms with Gasteiger partial charge in [0.1, 0.15) is 5.75 Å². The molecular formula is C20H20N2O3. The van der Waals surface area contributed by atoms with Crippen molar-refractivity contribution in [3.8, 4) is 5.75 Å². The number of methoxy groups -OCH3 is 1. The molecule has 2 N–H and O–H groups in total. The Morgan fingerprint density at radius 3 is 2.60 bits per heavy atom. The minimum Gasteiger partial charge on any atom is -0.497 e. The number of aromatic nitrogens is 1. The summed E-state index contributed by atoms with van der Waals surface area (Å²) >= 11 is 0. The van der Waals surface area contributed by atoms with Crippen LogP contribution in [0.25, 0.3) is 10.9 Å². The number of rotatable bonds is 5. The molecule has 0 bridgehead atoms. The third-order valence-corrected chi connectivity index (χ3v) is 4.18. The summed E-state index contributed by atoms with van der Waals surface area (Å²) in [6.07, 6.45) is 0.878. The van der Waals surface area contributed by atoms with Crippen LogP contribution in [0.4, 0.5) is 0 Å². The first-order valence-corrected chi connectivity index (χ1v) is 8.07. The number of nitrogens with zero attached hydrogens (tertiary/aromatic N) is 1. The Morgan fingerprint density at radius 2 is 1.88 bits per heavy atom. The quantitative estimate of drug-likeness (QED) is 0.751. The maximum Gasteiger partial charge on any atom is 0.252 e. The predicted octanol–water partition coefficient (Wildman–Crippen LogP) is 3.10. The average Bonchev–Trinajstić information content (AvgIpc) is 2.66. The highest BCUT2D eigenvalue weighted by Crippen LogP contribution is 2.21. The molecule has 2 atom stereocenters. The van der Waals surface area contributed by atoms with Gasteiger partial charge >= 0.3 is 0 Å². The first-order chi connectivity index (χ1) is 12.1. The van der Waals surface area contributed by atoms with Gasteiger partial charge in [0.15, 0.2) is 0 Å². The molecule has 128 valence electrons. The van der Waals surface area contributed by atoms with Gasteiger partial charge in [-0.2, -0.15) is 0 Å². The Kier molecular flexibility index (Phi) is 4.95. The smallest absolute Gasteiger partial charge is 0.252 e. The molecule has 2 unspecified atom stereocenters. The molecule has 25 heavy (non-hydrogen) atoms. The van der Waals surface area contributed by atoms with Crippen LogP contribution in [-0.2, 0) is 0 Å². The fraction of sp³-hybridized carbons (Fsp3) is 0.200. The molecule has 1 heterocycles. The van der Waals surface area contributed by atoms with Gasteiger partial charge in [0.2, 0.25) is 0 Å². The lowest BCUT2D eigenvalue weighted by molar-refractivity contribution is 0.0853. The van der Waals surface area contributed by atoms with Crippen molar-refractivity contribution < 1.29 is 14.6 Å². The van der Waals surface area contributed by atoms with Crippen molar-refractivity contribution >= 4 is 16.8 Å². The van der Waals surface area contributed by atoms with Crippen LogP contribution in [0.1, 0.15) is 28.9 Å². The van der Waals surface area contributed by atoms with E-state index in [9.17, 15) is 9.90 Å². The van der Waals surface area contributed by atoms with Crippen molar-refractivity contribution in [1.29, 1.82) is 0 Å². The van der Waals surface area contributed by atoms with Crippen LogP contribution < -0.4 is 10.1 Å². The summed E-state index contributed by atoms with van der Waals surface area (Å²) in [7, 11) is 1.59. The standard InChI is InChI=1S/C20H20N2O3/c1-13(19(23)14-8-10-15(25-2)11-9-14)22-20(24)17-5-3-7-18-16(17)6-4-12-21-18/h3-13,19,23H,1-2H3,(H,22,24). The monoisotopic (exact) mass is 336 g/mol. The van der Waals surface area contributed by atoms with E-state index in [1.165, 1.54) is 0 Å². The van der Waals surface area contributed by atoms with Crippen molar-refractivity contribution in [2.45, 2.75) is 19.1 Å². The zero-order valence-corrected chi connectivity index (χ0v) is 14.1. The van der Waals surface area contributed by atoms with Crippen molar-refractivity contribution in [3.05, 3.63) is 71.9 Å². The molecule has 0 spiro atoms. The lowest BCUT2D eigenvalue weighted by atomic mass is 10.0. The summed E-state index contributed by atoms with van der Waals surface area (Å²) < 4.78 is 5.12. The molecule has 1 aromatic heterocycles. The van der Waals surface area contributed by atoms with Gasteiger partial charge in [-0.3, -0.25) is 9.78 Å². The highest BCUT2D eigenvalue weighted by molar-refractivity contribution is 6.06. The van der Waals surface area contributed by atoms with Crippen LogP contribution in [0.15, 0.2) is 60.8 Å². The van der Waals surface area contributed by atoms with Crippen LogP contribution in [-0.4, -0.2) is 29.1 Å². The van der Waals surface area contributed by atoms with Gasteiger partial charge in [0.05, 0.1) is 24.8 Å². The molecule has 0 saturated carbocycles. The summed E-state index contributed by atoms with van der Waals surface area (Å²) in [5.41, 5.74) is 2.02. The summed E-state index contributed by atoms with van der Waals surface area (Å²) in [6, 6.07) is 15.8. The number of nitrogens with one attached hydrogen (secondary N) is 1. The van der Waals surface area contributed by atoms with Crippen molar-refractivity contribution in [1.82, 2.24) is 10.3 Å². The van der Waals surface area contributed by atoms with Gasteiger partial charge < -0.3 is 15.2 Å². The molecule has 3 rings (SSSR count). The van der Waals surface area contributed by atoms with Crippen LogP contribution in [0.2, 0.25) is 0 Å². The number of carbonyl (C=O) groups is 1. The van der Waals surface area contributed by atoms with Crippen LogP contribution in [0.5, 0.6) is 5.75 Å². The predicted molar refractivity (Wildman–Crippen MR) is 96.6 cm³/mol. The highest BCUT2D eigenvalue weighted by atomic mass is 16.5. The Labute approximate surface area is 146 Å². The molecule has 0 aliphatic carbocycles. The maximum atomic E-state index is 12.6. The number of aliphatic hydroxyl groups is 1. The van der Waals surface area contributed by atoms with Gasteiger partial charge in [-0.25, -0.2) is 0 Å². The summed E-state index contributed by atoms with van der Waals surface area (Å²) in [6.45, 7) is 1.77. The fourth-order valence-corrected chi connectivity index (χ4v) is 2.75. The largest absolute Gasteiger partial charge is 0.497 e. The third-order valence-electron chi connectivity index (χ3n) is 4.18. The van der Waals surface area contributed by atoms with Crippen molar-refractivity contribution in [3.63, 3.8) is 0 Å². The number of hydrogen-bond donors (Lipinski definition) is 2. The molecule has 0 aliphatic heterocycles. The normalized spacial score (nSPS) is 13.2. The number of benzene rings is 2. The molecule has 0 radical (unpaired) electrons. The summed E-state index contributed by atoms with van der Waals surface area (Å²) in [4.78, 5) is 16.9. The highest BCUT2D eigenvalue weighted by Gasteiger charge is 2.20. The third kappa shape index (κ3) is 3.61. The van der Waals surface area contributed by atoms with Crippen LogP contribution in [0, 0.1) is 0 Å². The second-order valence-corrected chi connectivity index (χ2v) is 5.86. The topological polar surface area (TPSA) is 71.5 Å². The van der Waals surface area contributed by atoms with E-state index in [2.05, 4.69) is 10.3 Å². The van der Waals surface area contributed by atoms with Gasteiger partial charge in [0, 0.05) is 17.1 Å². The number of ether oxygens (including phenoxy) is 1. The fourth-order valence-electron chi connectivity index (χ4n) is 2.75. The Bertz CT molecular complexity index is 872. The molecule has 5 nitrogen and oxygen atoms in total. The minimum absolute atomic E-state index is 0.237. The lowest BCUT2D eigenvalue weighted by Gasteiger charge is -2.21. The van der Waals surface area contributed by atoms with Crippen LogP contribution >= 0.6 is 0 Å². The van der Waals surface area contributed by atoms with Crippen molar-refractivity contribution in [2.24, 2.45) is 0 Å². The van der Waals surface area contributed by atoms with Crippen molar-refractivity contribution in [2.75, 3.05) is 7.11 Å². The molecule has 1 amide bonds. The van der Waals surface area contributed by atoms with E-state index in [-0.39, 0.29) is 5.91 Å². The molecule has 0 saturated heterocycles. The number of carbonyl (C=O) groups excluding carboxylic acids is 1. The first-order valence-electron chi connectivity index (χ1n) is 8.07. The number of aliphatic hydroxyl groups excluding tert-OH is 1. The van der Waals surface area contributed by atoms with E-state index < -0.39 is 12.1 Å². The Hall–Kier alpha value is -2.92. The van der Waals surface area contributed by atoms with E-state index in [1.54, 1.807) is 62.7 Å². The first kappa shape index (κ1) is 16.9. The van der Waals surface area contributed by atoms with E-state index >= 15 is 0 Å². The number of pyridine rings is 1. The second kappa shape index (κ2) is 7.32. The molecule has 0 fully saturated rings. The lowest BCUT2D eigenvalue weighted by Crippen LogP contribution is -2.37. The molecule has 2 aromatic carbocycles. The van der Waals surface area contributed by atoms with E-state index in [0.29, 0.717) is 11.1 Å². The molecule has 5 heteroatoms.